The fourth-order valence-electron chi connectivity index (χ4n) is 3.59. The van der Waals surface area contributed by atoms with Crippen LogP contribution in [-0.2, 0) is 11.0 Å². The van der Waals surface area contributed by atoms with Gasteiger partial charge in [0.25, 0.3) is 0 Å². The largest absolute Gasteiger partial charge is 0.433 e. The molecule has 29 heavy (non-hydrogen) atoms. The molecule has 2 heterocycles. The van der Waals surface area contributed by atoms with E-state index in [1.807, 2.05) is 36.4 Å². The second kappa shape index (κ2) is 8.52. The van der Waals surface area contributed by atoms with Gasteiger partial charge < -0.3 is 9.80 Å². The van der Waals surface area contributed by atoms with Gasteiger partial charge in [0.2, 0.25) is 5.91 Å². The van der Waals surface area contributed by atoms with Crippen LogP contribution in [0.5, 0.6) is 0 Å². The Kier molecular flexibility index (Phi) is 6.06. The second-order valence-electron chi connectivity index (χ2n) is 6.85. The van der Waals surface area contributed by atoms with Crippen LogP contribution in [0.25, 0.3) is 0 Å². The molecule has 1 aliphatic heterocycles. The molecule has 0 unspecified atom stereocenters. The molecule has 8 heteroatoms. The number of hydrogen-bond acceptors (Lipinski definition) is 4. The van der Waals surface area contributed by atoms with Crippen LogP contribution >= 0.6 is 0 Å². The normalized spacial score (nSPS) is 15.1. The topological polar surface area (TPSA) is 60.2 Å². The number of carbonyl (C=O) groups is 1. The van der Waals surface area contributed by atoms with Gasteiger partial charge in [-0.3, -0.25) is 4.79 Å². The number of amides is 1. The monoisotopic (exact) mass is 402 g/mol. The van der Waals surface area contributed by atoms with Crippen molar-refractivity contribution in [1.29, 1.82) is 5.26 Å². The molecule has 1 aromatic heterocycles. The maximum Gasteiger partial charge on any atom is 0.433 e. The number of halogens is 3. The first-order valence-electron chi connectivity index (χ1n) is 9.45. The summed E-state index contributed by atoms with van der Waals surface area (Å²) in [6, 6.07) is 13.2. The van der Waals surface area contributed by atoms with E-state index < -0.39 is 11.9 Å². The van der Waals surface area contributed by atoms with Crippen molar-refractivity contribution in [3.8, 4) is 6.07 Å². The van der Waals surface area contributed by atoms with Crippen LogP contribution in [0.15, 0.2) is 42.5 Å². The number of anilines is 2. The highest BCUT2D eigenvalue weighted by Crippen LogP contribution is 2.32. The van der Waals surface area contributed by atoms with Crippen LogP contribution in [-0.4, -0.2) is 30.0 Å². The number of rotatable bonds is 4. The van der Waals surface area contributed by atoms with E-state index >= 15 is 0 Å². The summed E-state index contributed by atoms with van der Waals surface area (Å²) in [7, 11) is 0. The first-order valence-corrected chi connectivity index (χ1v) is 9.45. The van der Waals surface area contributed by atoms with Gasteiger partial charge in [0.05, 0.1) is 5.56 Å². The molecular weight excluding hydrogens is 381 g/mol. The van der Waals surface area contributed by atoms with Gasteiger partial charge >= 0.3 is 6.18 Å². The molecule has 1 fully saturated rings. The van der Waals surface area contributed by atoms with E-state index in [4.69, 9.17) is 0 Å². The Morgan fingerprint density at radius 1 is 1.21 bits per heavy atom. The van der Waals surface area contributed by atoms with E-state index in [0.29, 0.717) is 32.4 Å². The molecule has 152 valence electrons. The van der Waals surface area contributed by atoms with Gasteiger partial charge in [-0.15, -0.1) is 0 Å². The average molecular weight is 402 g/mol. The Bertz CT molecular complexity index is 900. The predicted molar refractivity (Wildman–Crippen MR) is 103 cm³/mol. The quantitative estimate of drug-likeness (QED) is 0.761. The lowest BCUT2D eigenvalue weighted by molar-refractivity contribution is -0.141. The smallest absolute Gasteiger partial charge is 0.355 e. The van der Waals surface area contributed by atoms with Crippen molar-refractivity contribution in [3.05, 3.63) is 53.7 Å². The van der Waals surface area contributed by atoms with Crippen molar-refractivity contribution in [2.75, 3.05) is 22.9 Å². The summed E-state index contributed by atoms with van der Waals surface area (Å²) < 4.78 is 39.1. The summed E-state index contributed by atoms with van der Waals surface area (Å²) in [4.78, 5) is 19.7. The molecule has 1 amide bonds. The summed E-state index contributed by atoms with van der Waals surface area (Å²) in [5, 5.41) is 9.29. The maximum absolute atomic E-state index is 13.0. The number of nitriles is 1. The standard InChI is InChI=1S/C21H21F3N4O/c1-2-19(29)28(16-6-4-3-5-7-16)17-10-12-27(13-11-17)20-15(14-25)8-9-18(26-20)21(22,23)24/h3-9,17H,2,10-13H2,1H3. The molecule has 3 rings (SSSR count). The SMILES string of the molecule is CCC(=O)N(c1ccccc1)C1CCN(c2nc(C(F)(F)F)ccc2C#N)CC1. The molecule has 0 atom stereocenters. The van der Waals surface area contributed by atoms with Crippen molar-refractivity contribution in [1.82, 2.24) is 4.98 Å². The number of aromatic nitrogens is 1. The molecule has 2 aromatic rings. The molecule has 5 nitrogen and oxygen atoms in total. The number of nitrogens with zero attached hydrogens (tertiary/aromatic N) is 4. The molecule has 1 aliphatic rings. The van der Waals surface area contributed by atoms with Gasteiger partial charge in [-0.1, -0.05) is 25.1 Å². The van der Waals surface area contributed by atoms with Gasteiger partial charge in [-0.25, -0.2) is 4.98 Å². The van der Waals surface area contributed by atoms with Crippen molar-refractivity contribution >= 4 is 17.4 Å². The van der Waals surface area contributed by atoms with Crippen LogP contribution in [0.3, 0.4) is 0 Å². The first kappa shape index (κ1) is 20.6. The fourth-order valence-corrected chi connectivity index (χ4v) is 3.59. The summed E-state index contributed by atoms with van der Waals surface area (Å²) in [5.74, 6) is 0.0541. The van der Waals surface area contributed by atoms with Crippen LogP contribution in [0.1, 0.15) is 37.4 Å². The number of pyridine rings is 1. The lowest BCUT2D eigenvalue weighted by Gasteiger charge is -2.39. The Balaban J connectivity index is 1.81. The molecule has 0 N–H and O–H groups in total. The fraction of sp³-hybridized carbons (Fsp3) is 0.381. The number of piperidine rings is 1. The van der Waals surface area contributed by atoms with Gasteiger partial charge in [0.1, 0.15) is 17.6 Å². The Labute approximate surface area is 167 Å². The van der Waals surface area contributed by atoms with E-state index in [2.05, 4.69) is 4.98 Å². The second-order valence-corrected chi connectivity index (χ2v) is 6.85. The summed E-state index contributed by atoms with van der Waals surface area (Å²) in [5.41, 5.74) is -0.0885. The zero-order chi connectivity index (χ0) is 21.0. The van der Waals surface area contributed by atoms with Gasteiger partial charge in [0.15, 0.2) is 0 Å². The van der Waals surface area contributed by atoms with Crippen LogP contribution in [0.2, 0.25) is 0 Å². The third-order valence-corrected chi connectivity index (χ3v) is 5.02. The molecule has 1 aromatic carbocycles. The average Bonchev–Trinajstić information content (AvgIpc) is 2.74. The van der Waals surface area contributed by atoms with E-state index in [1.54, 1.807) is 16.7 Å². The lowest BCUT2D eigenvalue weighted by Crippen LogP contribution is -2.48. The number of carbonyl (C=O) groups excluding carboxylic acids is 1. The molecule has 0 radical (unpaired) electrons. The summed E-state index contributed by atoms with van der Waals surface area (Å²) in [6.45, 7) is 2.63. The third kappa shape index (κ3) is 4.50. The van der Waals surface area contributed by atoms with Crippen molar-refractivity contribution in [2.24, 2.45) is 0 Å². The summed E-state index contributed by atoms with van der Waals surface area (Å²) in [6.07, 6.45) is -3.06. The minimum absolute atomic E-state index is 0.00422. The van der Waals surface area contributed by atoms with Crippen molar-refractivity contribution in [2.45, 2.75) is 38.4 Å². The third-order valence-electron chi connectivity index (χ3n) is 5.02. The van der Waals surface area contributed by atoms with Crippen molar-refractivity contribution in [3.63, 3.8) is 0 Å². The zero-order valence-corrected chi connectivity index (χ0v) is 16.0. The Morgan fingerprint density at radius 3 is 2.41 bits per heavy atom. The number of benzene rings is 1. The molecule has 0 saturated carbocycles. The molecule has 1 saturated heterocycles. The van der Waals surface area contributed by atoms with Crippen LogP contribution in [0, 0.1) is 11.3 Å². The number of alkyl halides is 3. The highest BCUT2D eigenvalue weighted by molar-refractivity contribution is 5.93. The van der Waals surface area contributed by atoms with Crippen LogP contribution in [0.4, 0.5) is 24.7 Å². The predicted octanol–water partition coefficient (Wildman–Crippen LogP) is 4.38. The van der Waals surface area contributed by atoms with Gasteiger partial charge in [-0.05, 0) is 37.1 Å². The van der Waals surface area contributed by atoms with Crippen LogP contribution < -0.4 is 9.80 Å². The molecular formula is C21H21F3N4O. The molecule has 0 spiro atoms. The van der Waals surface area contributed by atoms with Gasteiger partial charge in [-0.2, -0.15) is 18.4 Å². The Hall–Kier alpha value is -3.08. The van der Waals surface area contributed by atoms with E-state index in [0.717, 1.165) is 17.8 Å². The van der Waals surface area contributed by atoms with Crippen molar-refractivity contribution < 1.29 is 18.0 Å². The minimum atomic E-state index is -4.57. The zero-order valence-electron chi connectivity index (χ0n) is 16.0. The number of para-hydroxylation sites is 1. The Morgan fingerprint density at radius 2 is 1.86 bits per heavy atom. The lowest BCUT2D eigenvalue weighted by atomic mass is 10.0. The van der Waals surface area contributed by atoms with E-state index in [1.165, 1.54) is 0 Å². The van der Waals surface area contributed by atoms with E-state index in [9.17, 15) is 23.2 Å². The molecule has 0 aliphatic carbocycles. The first-order chi connectivity index (χ1) is 13.8. The molecule has 0 bridgehead atoms. The maximum atomic E-state index is 13.0. The van der Waals surface area contributed by atoms with Gasteiger partial charge in [0, 0.05) is 31.2 Å². The summed E-state index contributed by atoms with van der Waals surface area (Å²) >= 11 is 0. The highest BCUT2D eigenvalue weighted by Gasteiger charge is 2.35. The van der Waals surface area contributed by atoms with E-state index in [-0.39, 0.29) is 23.3 Å². The number of hydrogen-bond donors (Lipinski definition) is 0. The minimum Gasteiger partial charge on any atom is -0.355 e. The highest BCUT2D eigenvalue weighted by atomic mass is 19.4.